The second-order valence-corrected chi connectivity index (χ2v) is 9.33. The van der Waals surface area contributed by atoms with Crippen LogP contribution in [0.3, 0.4) is 0 Å². The SMILES string of the molecule is Cc1nc2cc(O)c(-c3ccc4cc(N5CCC(NC(C)(C)C)C5)ncc4n3)cc2o1. The van der Waals surface area contributed by atoms with Gasteiger partial charge in [-0.3, -0.25) is 0 Å². The molecule has 0 radical (unpaired) electrons. The summed E-state index contributed by atoms with van der Waals surface area (Å²) in [6.45, 7) is 10.3. The first-order valence-electron chi connectivity index (χ1n) is 10.7. The standard InChI is InChI=1S/C24H27N5O2/c1-14-26-19-11-21(30)17(10-22(19)31-14)18-6-5-15-9-23(25-12-20(15)27-18)29-8-7-16(13-29)28-24(2,3)4/h5-6,9-12,16,28,30H,7-8,13H2,1-4H3. The lowest BCUT2D eigenvalue weighted by atomic mass is 10.1. The van der Waals surface area contributed by atoms with Gasteiger partial charge in [-0.05, 0) is 45.4 Å². The number of fused-ring (bicyclic) bond motifs is 2. The predicted molar refractivity (Wildman–Crippen MR) is 122 cm³/mol. The second-order valence-electron chi connectivity index (χ2n) is 9.33. The summed E-state index contributed by atoms with van der Waals surface area (Å²) >= 11 is 0. The third kappa shape index (κ3) is 3.93. The first-order chi connectivity index (χ1) is 14.7. The number of aromatic hydroxyl groups is 1. The zero-order chi connectivity index (χ0) is 21.8. The summed E-state index contributed by atoms with van der Waals surface area (Å²) in [6.07, 6.45) is 2.92. The van der Waals surface area contributed by atoms with E-state index in [0.717, 1.165) is 36.2 Å². The smallest absolute Gasteiger partial charge is 0.192 e. The molecule has 0 spiro atoms. The van der Waals surface area contributed by atoms with Gasteiger partial charge in [0.25, 0.3) is 0 Å². The number of phenols is 1. The number of anilines is 1. The van der Waals surface area contributed by atoms with Crippen molar-refractivity contribution in [3.05, 3.63) is 42.4 Å². The average molecular weight is 418 g/mol. The van der Waals surface area contributed by atoms with Gasteiger partial charge in [-0.15, -0.1) is 0 Å². The van der Waals surface area contributed by atoms with Gasteiger partial charge in [0.2, 0.25) is 0 Å². The Labute approximate surface area is 181 Å². The van der Waals surface area contributed by atoms with Crippen LogP contribution in [0.25, 0.3) is 33.3 Å². The molecule has 4 heterocycles. The number of nitrogens with one attached hydrogen (secondary N) is 1. The van der Waals surface area contributed by atoms with E-state index >= 15 is 0 Å². The third-order valence-electron chi connectivity index (χ3n) is 5.60. The van der Waals surface area contributed by atoms with Crippen LogP contribution in [0.5, 0.6) is 5.75 Å². The fourth-order valence-electron chi connectivity index (χ4n) is 4.32. The van der Waals surface area contributed by atoms with E-state index in [0.29, 0.717) is 34.3 Å². The monoisotopic (exact) mass is 417 g/mol. The minimum Gasteiger partial charge on any atom is -0.507 e. The van der Waals surface area contributed by atoms with Gasteiger partial charge in [-0.25, -0.2) is 15.0 Å². The fraction of sp³-hybridized carbons (Fsp3) is 0.375. The number of aromatic nitrogens is 3. The van der Waals surface area contributed by atoms with E-state index in [-0.39, 0.29) is 11.3 Å². The van der Waals surface area contributed by atoms with Crippen molar-refractivity contribution in [1.29, 1.82) is 0 Å². The lowest BCUT2D eigenvalue weighted by Crippen LogP contribution is -2.44. The number of oxazole rings is 1. The van der Waals surface area contributed by atoms with Crippen LogP contribution in [-0.4, -0.2) is 44.7 Å². The summed E-state index contributed by atoms with van der Waals surface area (Å²) in [7, 11) is 0. The summed E-state index contributed by atoms with van der Waals surface area (Å²) in [4.78, 5) is 16.0. The molecule has 0 amide bonds. The van der Waals surface area contributed by atoms with Crippen molar-refractivity contribution in [2.45, 2.75) is 45.7 Å². The number of hydrogen-bond donors (Lipinski definition) is 2. The maximum atomic E-state index is 10.5. The number of pyridine rings is 2. The number of phenolic OH excluding ortho intramolecular Hbond substituents is 1. The first-order valence-corrected chi connectivity index (χ1v) is 10.7. The summed E-state index contributed by atoms with van der Waals surface area (Å²) in [5.41, 5.74) is 3.45. The van der Waals surface area contributed by atoms with Gasteiger partial charge in [0.1, 0.15) is 17.1 Å². The molecule has 0 aliphatic carbocycles. The number of nitrogens with zero attached hydrogens (tertiary/aromatic N) is 4. The maximum Gasteiger partial charge on any atom is 0.192 e. The van der Waals surface area contributed by atoms with Gasteiger partial charge in [0.15, 0.2) is 11.5 Å². The quantitative estimate of drug-likeness (QED) is 0.510. The molecule has 3 aromatic heterocycles. The Morgan fingerprint density at radius 1 is 1.13 bits per heavy atom. The van der Waals surface area contributed by atoms with Crippen LogP contribution in [0.4, 0.5) is 5.82 Å². The van der Waals surface area contributed by atoms with Crippen molar-refractivity contribution in [1.82, 2.24) is 20.3 Å². The van der Waals surface area contributed by atoms with E-state index < -0.39 is 0 Å². The largest absolute Gasteiger partial charge is 0.507 e. The van der Waals surface area contributed by atoms with Crippen LogP contribution in [-0.2, 0) is 0 Å². The van der Waals surface area contributed by atoms with Crippen molar-refractivity contribution in [3.63, 3.8) is 0 Å². The highest BCUT2D eigenvalue weighted by Crippen LogP contribution is 2.34. The summed E-state index contributed by atoms with van der Waals surface area (Å²) < 4.78 is 5.61. The predicted octanol–water partition coefficient (Wildman–Crippen LogP) is 4.42. The van der Waals surface area contributed by atoms with Crippen molar-refractivity contribution >= 4 is 27.8 Å². The molecule has 1 aromatic carbocycles. The van der Waals surface area contributed by atoms with Gasteiger partial charge in [0, 0.05) is 48.6 Å². The molecule has 31 heavy (non-hydrogen) atoms. The summed E-state index contributed by atoms with van der Waals surface area (Å²) in [5.74, 6) is 1.67. The number of aryl methyl sites for hydroxylation is 1. The van der Waals surface area contributed by atoms with Crippen LogP contribution in [0.15, 0.2) is 40.9 Å². The van der Waals surface area contributed by atoms with Gasteiger partial charge in [-0.1, -0.05) is 6.07 Å². The fourth-order valence-corrected chi connectivity index (χ4v) is 4.32. The maximum absolute atomic E-state index is 10.5. The Morgan fingerprint density at radius 2 is 1.97 bits per heavy atom. The normalized spacial score (nSPS) is 17.2. The Morgan fingerprint density at radius 3 is 2.77 bits per heavy atom. The molecule has 0 bridgehead atoms. The molecule has 7 nitrogen and oxygen atoms in total. The van der Waals surface area contributed by atoms with E-state index in [2.05, 4.69) is 47.0 Å². The highest BCUT2D eigenvalue weighted by atomic mass is 16.3. The zero-order valence-electron chi connectivity index (χ0n) is 18.3. The van der Waals surface area contributed by atoms with Crippen molar-refractivity contribution in [2.24, 2.45) is 0 Å². The molecule has 2 N–H and O–H groups in total. The summed E-state index contributed by atoms with van der Waals surface area (Å²) in [6, 6.07) is 9.91. The molecular weight excluding hydrogens is 390 g/mol. The first kappa shape index (κ1) is 19.8. The number of hydrogen-bond acceptors (Lipinski definition) is 7. The van der Waals surface area contributed by atoms with E-state index in [4.69, 9.17) is 9.40 Å². The molecule has 1 saturated heterocycles. The van der Waals surface area contributed by atoms with Crippen LogP contribution in [0.2, 0.25) is 0 Å². The Kier molecular flexibility index (Phi) is 4.59. The third-order valence-corrected chi connectivity index (χ3v) is 5.60. The molecule has 5 rings (SSSR count). The van der Waals surface area contributed by atoms with Crippen molar-refractivity contribution in [3.8, 4) is 17.0 Å². The molecule has 160 valence electrons. The molecule has 0 saturated carbocycles. The Hall–Kier alpha value is -3.19. The van der Waals surface area contributed by atoms with Crippen LogP contribution >= 0.6 is 0 Å². The molecule has 1 unspecified atom stereocenters. The number of benzene rings is 1. The van der Waals surface area contributed by atoms with E-state index in [1.54, 1.807) is 19.1 Å². The van der Waals surface area contributed by atoms with E-state index in [1.165, 1.54) is 0 Å². The lowest BCUT2D eigenvalue weighted by Gasteiger charge is -2.26. The molecule has 1 aliphatic rings. The van der Waals surface area contributed by atoms with E-state index in [1.807, 2.05) is 18.3 Å². The van der Waals surface area contributed by atoms with Crippen molar-refractivity contribution < 1.29 is 9.52 Å². The lowest BCUT2D eigenvalue weighted by molar-refractivity contribution is 0.373. The highest BCUT2D eigenvalue weighted by molar-refractivity contribution is 5.87. The molecule has 7 heteroatoms. The topological polar surface area (TPSA) is 87.3 Å². The Balaban J connectivity index is 1.43. The average Bonchev–Trinajstić information content (AvgIpc) is 3.30. The van der Waals surface area contributed by atoms with Crippen LogP contribution in [0.1, 0.15) is 33.1 Å². The van der Waals surface area contributed by atoms with Gasteiger partial charge in [-0.2, -0.15) is 0 Å². The van der Waals surface area contributed by atoms with Gasteiger partial charge < -0.3 is 19.7 Å². The second kappa shape index (κ2) is 7.20. The molecule has 1 aliphatic heterocycles. The van der Waals surface area contributed by atoms with Gasteiger partial charge >= 0.3 is 0 Å². The molecule has 1 atom stereocenters. The number of rotatable bonds is 3. The zero-order valence-corrected chi connectivity index (χ0v) is 18.3. The molecule has 4 aromatic rings. The minimum absolute atomic E-state index is 0.108. The summed E-state index contributed by atoms with van der Waals surface area (Å²) in [5, 5.41) is 15.2. The van der Waals surface area contributed by atoms with E-state index in [9.17, 15) is 5.11 Å². The van der Waals surface area contributed by atoms with Crippen LogP contribution in [0, 0.1) is 6.92 Å². The molecular formula is C24H27N5O2. The van der Waals surface area contributed by atoms with Crippen molar-refractivity contribution in [2.75, 3.05) is 18.0 Å². The minimum atomic E-state index is 0.108. The Bertz CT molecular complexity index is 1270. The van der Waals surface area contributed by atoms with Gasteiger partial charge in [0.05, 0.1) is 17.4 Å². The molecule has 1 fully saturated rings. The highest BCUT2D eigenvalue weighted by Gasteiger charge is 2.26. The van der Waals surface area contributed by atoms with Crippen LogP contribution < -0.4 is 10.2 Å².